The van der Waals surface area contributed by atoms with Crippen LogP contribution in [0.5, 0.6) is 5.75 Å². The Morgan fingerprint density at radius 1 is 1.04 bits per heavy atom. The lowest BCUT2D eigenvalue weighted by Crippen LogP contribution is -3.00. The third-order valence-electron chi connectivity index (χ3n) is 3.73. The largest absolute Gasteiger partial charge is 1.00 e. The highest BCUT2D eigenvalue weighted by atomic mass is 35.5. The van der Waals surface area contributed by atoms with Gasteiger partial charge in [0.15, 0.2) is 0 Å². The van der Waals surface area contributed by atoms with Gasteiger partial charge in [-0.2, -0.15) is 0 Å². The van der Waals surface area contributed by atoms with Gasteiger partial charge in [-0.3, -0.25) is 4.98 Å². The van der Waals surface area contributed by atoms with Crippen LogP contribution in [0, 0.1) is 6.92 Å². The molecule has 0 fully saturated rings. The molecule has 25 heavy (non-hydrogen) atoms. The van der Waals surface area contributed by atoms with Crippen LogP contribution in [-0.2, 0) is 4.74 Å². The number of fused-ring (bicyclic) bond motifs is 1. The third-order valence-corrected chi connectivity index (χ3v) is 3.73. The summed E-state index contributed by atoms with van der Waals surface area (Å²) in [5.74, 6) is 0.428. The van der Waals surface area contributed by atoms with E-state index in [0.717, 1.165) is 33.7 Å². The Bertz CT molecular complexity index is 895. The molecule has 1 heterocycles. The maximum Gasteiger partial charge on any atom is 0.337 e. The Labute approximate surface area is 152 Å². The standard InChI is InChI=1S/C19H18N2O3.ClH/c1-12-10-18(21-14-5-7-15(23-2)8-6-14)16-11-13(19(22)24-3)4-9-17(16)20-12;/h4-11H,1-3H3,(H,20,21);1H/p-1. The van der Waals surface area contributed by atoms with Gasteiger partial charge in [-0.1, -0.05) is 0 Å². The van der Waals surface area contributed by atoms with Crippen LogP contribution >= 0.6 is 0 Å². The first-order valence-corrected chi connectivity index (χ1v) is 7.51. The van der Waals surface area contributed by atoms with Crippen molar-refractivity contribution in [3.63, 3.8) is 0 Å². The minimum Gasteiger partial charge on any atom is -1.00 e. The fraction of sp³-hybridized carbons (Fsp3) is 0.158. The minimum absolute atomic E-state index is 0. The molecule has 0 aliphatic carbocycles. The number of anilines is 2. The summed E-state index contributed by atoms with van der Waals surface area (Å²) in [6.07, 6.45) is 0. The fourth-order valence-corrected chi connectivity index (χ4v) is 2.54. The van der Waals surface area contributed by atoms with Crippen LogP contribution < -0.4 is 22.5 Å². The predicted octanol–water partition coefficient (Wildman–Crippen LogP) is 1.09. The van der Waals surface area contributed by atoms with Gasteiger partial charge in [0, 0.05) is 22.5 Å². The lowest BCUT2D eigenvalue weighted by molar-refractivity contribution is -0.0000198. The van der Waals surface area contributed by atoms with Gasteiger partial charge in [0.2, 0.25) is 0 Å². The molecule has 0 radical (unpaired) electrons. The Kier molecular flexibility index (Phi) is 5.83. The van der Waals surface area contributed by atoms with E-state index >= 15 is 0 Å². The van der Waals surface area contributed by atoms with E-state index in [9.17, 15) is 4.79 Å². The van der Waals surface area contributed by atoms with E-state index in [-0.39, 0.29) is 18.4 Å². The highest BCUT2D eigenvalue weighted by Gasteiger charge is 2.10. The van der Waals surface area contributed by atoms with Crippen molar-refractivity contribution in [1.82, 2.24) is 4.98 Å². The van der Waals surface area contributed by atoms with Crippen molar-refractivity contribution >= 4 is 28.2 Å². The number of aromatic nitrogens is 1. The number of carbonyl (C=O) groups excluding carboxylic acids is 1. The second-order valence-corrected chi connectivity index (χ2v) is 5.39. The van der Waals surface area contributed by atoms with Crippen LogP contribution in [0.2, 0.25) is 0 Å². The number of nitrogens with zero attached hydrogens (tertiary/aromatic N) is 1. The number of pyridine rings is 1. The number of halogens is 1. The number of aryl methyl sites for hydroxylation is 1. The molecular weight excluding hydrogens is 340 g/mol. The maximum absolute atomic E-state index is 11.8. The normalized spacial score (nSPS) is 10.0. The molecule has 2 aromatic carbocycles. The number of carbonyl (C=O) groups is 1. The molecule has 5 nitrogen and oxygen atoms in total. The number of rotatable bonds is 4. The zero-order valence-corrected chi connectivity index (χ0v) is 14.9. The highest BCUT2D eigenvalue weighted by molar-refractivity contribution is 5.99. The number of benzene rings is 2. The monoisotopic (exact) mass is 357 g/mol. The zero-order chi connectivity index (χ0) is 17.1. The molecule has 0 bridgehead atoms. The molecule has 0 saturated carbocycles. The summed E-state index contributed by atoms with van der Waals surface area (Å²) in [5, 5.41) is 4.24. The van der Waals surface area contributed by atoms with E-state index in [1.807, 2.05) is 43.3 Å². The number of nitrogens with one attached hydrogen (secondary N) is 1. The van der Waals surface area contributed by atoms with E-state index in [4.69, 9.17) is 9.47 Å². The van der Waals surface area contributed by atoms with E-state index in [0.29, 0.717) is 5.56 Å². The molecule has 1 N–H and O–H groups in total. The van der Waals surface area contributed by atoms with Crippen LogP contribution in [0.25, 0.3) is 10.9 Å². The van der Waals surface area contributed by atoms with E-state index in [1.54, 1.807) is 19.2 Å². The van der Waals surface area contributed by atoms with Gasteiger partial charge in [0.25, 0.3) is 0 Å². The quantitative estimate of drug-likeness (QED) is 0.708. The zero-order valence-electron chi connectivity index (χ0n) is 14.2. The van der Waals surface area contributed by atoms with Crippen LogP contribution in [0.15, 0.2) is 48.5 Å². The van der Waals surface area contributed by atoms with Gasteiger partial charge >= 0.3 is 5.97 Å². The summed E-state index contributed by atoms with van der Waals surface area (Å²) in [7, 11) is 3.01. The SMILES string of the molecule is COC(=O)c1ccc2nc(C)cc(Nc3ccc(OC)cc3)c2c1.[Cl-]. The molecule has 1 aromatic heterocycles. The van der Waals surface area contributed by atoms with E-state index in [2.05, 4.69) is 10.3 Å². The summed E-state index contributed by atoms with van der Waals surface area (Å²) in [4.78, 5) is 16.3. The smallest absolute Gasteiger partial charge is 0.337 e. The summed E-state index contributed by atoms with van der Waals surface area (Å²) in [5.41, 5.74) is 4.01. The predicted molar refractivity (Wildman–Crippen MR) is 94.1 cm³/mol. The molecule has 130 valence electrons. The average molecular weight is 358 g/mol. The summed E-state index contributed by atoms with van der Waals surface area (Å²) < 4.78 is 9.97. The molecule has 0 spiro atoms. The van der Waals surface area contributed by atoms with Crippen LogP contribution in [0.3, 0.4) is 0 Å². The topological polar surface area (TPSA) is 60.5 Å². The van der Waals surface area contributed by atoms with Crippen molar-refractivity contribution in [2.45, 2.75) is 6.92 Å². The lowest BCUT2D eigenvalue weighted by atomic mass is 10.1. The van der Waals surface area contributed by atoms with Gasteiger partial charge < -0.3 is 27.2 Å². The third kappa shape index (κ3) is 4.00. The molecule has 0 aliphatic heterocycles. The van der Waals surface area contributed by atoms with Crippen LogP contribution in [0.1, 0.15) is 16.1 Å². The lowest BCUT2D eigenvalue weighted by Gasteiger charge is -2.12. The molecular formula is C19H18ClN2O3-. The van der Waals surface area contributed by atoms with Crippen molar-refractivity contribution in [2.24, 2.45) is 0 Å². The van der Waals surface area contributed by atoms with Gasteiger partial charge in [-0.25, -0.2) is 4.79 Å². The Morgan fingerprint density at radius 3 is 2.40 bits per heavy atom. The second kappa shape index (κ2) is 7.85. The first kappa shape index (κ1) is 18.5. The van der Waals surface area contributed by atoms with Crippen LogP contribution in [0.4, 0.5) is 11.4 Å². The van der Waals surface area contributed by atoms with Crippen LogP contribution in [-0.4, -0.2) is 25.2 Å². The number of hydrogen-bond donors (Lipinski definition) is 1. The fourth-order valence-electron chi connectivity index (χ4n) is 2.54. The van der Waals surface area contributed by atoms with E-state index < -0.39 is 0 Å². The second-order valence-electron chi connectivity index (χ2n) is 5.39. The van der Waals surface area contributed by atoms with Crippen molar-refractivity contribution in [2.75, 3.05) is 19.5 Å². The van der Waals surface area contributed by atoms with Crippen molar-refractivity contribution in [3.05, 3.63) is 59.8 Å². The number of hydrogen-bond acceptors (Lipinski definition) is 5. The summed E-state index contributed by atoms with van der Waals surface area (Å²) >= 11 is 0. The minimum atomic E-state index is -0.368. The Balaban J connectivity index is 0.00000225. The van der Waals surface area contributed by atoms with Crippen molar-refractivity contribution < 1.29 is 26.7 Å². The molecule has 3 aromatic rings. The average Bonchev–Trinajstić information content (AvgIpc) is 2.61. The molecule has 3 rings (SSSR count). The molecule has 0 aliphatic rings. The van der Waals surface area contributed by atoms with E-state index in [1.165, 1.54) is 7.11 Å². The first-order chi connectivity index (χ1) is 11.6. The highest BCUT2D eigenvalue weighted by Crippen LogP contribution is 2.28. The number of esters is 1. The number of methoxy groups -OCH3 is 2. The van der Waals surface area contributed by atoms with Gasteiger partial charge in [-0.05, 0) is 55.5 Å². The summed E-state index contributed by atoms with van der Waals surface area (Å²) in [6.45, 7) is 1.94. The molecule has 0 unspecified atom stereocenters. The molecule has 6 heteroatoms. The molecule has 0 amide bonds. The van der Waals surface area contributed by atoms with Crippen molar-refractivity contribution in [3.8, 4) is 5.75 Å². The van der Waals surface area contributed by atoms with Gasteiger partial charge in [0.1, 0.15) is 5.75 Å². The van der Waals surface area contributed by atoms with Crippen molar-refractivity contribution in [1.29, 1.82) is 0 Å². The Hall–Kier alpha value is -2.79. The molecule has 0 saturated heterocycles. The maximum atomic E-state index is 11.8. The summed E-state index contributed by atoms with van der Waals surface area (Å²) in [6, 6.07) is 14.9. The first-order valence-electron chi connectivity index (χ1n) is 7.51. The molecule has 0 atom stereocenters. The van der Waals surface area contributed by atoms with Gasteiger partial charge in [0.05, 0.1) is 25.3 Å². The number of ether oxygens (including phenoxy) is 2. The Morgan fingerprint density at radius 2 is 1.76 bits per heavy atom. The van der Waals surface area contributed by atoms with Gasteiger partial charge in [-0.15, -0.1) is 0 Å².